The SMILES string of the molecule is COc1ccc(N2CCN(c3cncc(C(=O)NC4CCCC4)c3)CC2)cc1. The van der Waals surface area contributed by atoms with Gasteiger partial charge in [-0.25, -0.2) is 0 Å². The minimum Gasteiger partial charge on any atom is -0.497 e. The Labute approximate surface area is 166 Å². The molecule has 2 aromatic rings. The molecule has 0 spiro atoms. The molecule has 2 aliphatic rings. The highest BCUT2D eigenvalue weighted by Gasteiger charge is 2.21. The molecule has 6 heteroatoms. The van der Waals surface area contributed by atoms with Gasteiger partial charge in [-0.3, -0.25) is 9.78 Å². The molecule has 1 aromatic carbocycles. The molecule has 1 aromatic heterocycles. The number of rotatable bonds is 5. The lowest BCUT2D eigenvalue weighted by molar-refractivity contribution is 0.0937. The lowest BCUT2D eigenvalue weighted by Crippen LogP contribution is -2.46. The van der Waals surface area contributed by atoms with Crippen LogP contribution in [0.5, 0.6) is 5.75 Å². The van der Waals surface area contributed by atoms with Gasteiger partial charge in [0.1, 0.15) is 5.75 Å². The number of hydrogen-bond acceptors (Lipinski definition) is 5. The number of benzene rings is 1. The van der Waals surface area contributed by atoms with Gasteiger partial charge in [0, 0.05) is 44.1 Å². The Kier molecular flexibility index (Phi) is 5.65. The molecule has 4 rings (SSSR count). The normalized spacial score (nSPS) is 17.6. The number of nitrogens with zero attached hydrogens (tertiary/aromatic N) is 3. The van der Waals surface area contributed by atoms with Gasteiger partial charge in [-0.15, -0.1) is 0 Å². The van der Waals surface area contributed by atoms with Crippen LogP contribution in [0.1, 0.15) is 36.0 Å². The average Bonchev–Trinajstić information content (AvgIpc) is 3.27. The van der Waals surface area contributed by atoms with E-state index in [0.29, 0.717) is 11.6 Å². The first-order valence-electron chi connectivity index (χ1n) is 10.1. The van der Waals surface area contributed by atoms with E-state index in [0.717, 1.165) is 50.5 Å². The van der Waals surface area contributed by atoms with Gasteiger partial charge in [0.05, 0.1) is 24.6 Å². The maximum absolute atomic E-state index is 12.5. The molecule has 2 heterocycles. The van der Waals surface area contributed by atoms with Crippen LogP contribution in [-0.2, 0) is 0 Å². The average molecular weight is 380 g/mol. The summed E-state index contributed by atoms with van der Waals surface area (Å²) in [4.78, 5) is 21.5. The van der Waals surface area contributed by atoms with Crippen molar-refractivity contribution in [1.82, 2.24) is 10.3 Å². The van der Waals surface area contributed by atoms with E-state index in [1.54, 1.807) is 13.3 Å². The van der Waals surface area contributed by atoms with Crippen LogP contribution in [0, 0.1) is 0 Å². The Bertz CT molecular complexity index is 794. The number of methoxy groups -OCH3 is 1. The topological polar surface area (TPSA) is 57.7 Å². The summed E-state index contributed by atoms with van der Waals surface area (Å²) in [5, 5.41) is 3.15. The Balaban J connectivity index is 1.36. The zero-order valence-corrected chi connectivity index (χ0v) is 16.4. The van der Waals surface area contributed by atoms with Crippen molar-refractivity contribution in [3.8, 4) is 5.75 Å². The summed E-state index contributed by atoms with van der Waals surface area (Å²) in [5.41, 5.74) is 2.89. The van der Waals surface area contributed by atoms with Crippen LogP contribution >= 0.6 is 0 Å². The van der Waals surface area contributed by atoms with Crippen LogP contribution < -0.4 is 19.9 Å². The summed E-state index contributed by atoms with van der Waals surface area (Å²) in [6, 6.07) is 10.5. The van der Waals surface area contributed by atoms with Crippen LogP contribution in [0.4, 0.5) is 11.4 Å². The van der Waals surface area contributed by atoms with E-state index in [9.17, 15) is 4.79 Å². The first-order valence-corrected chi connectivity index (χ1v) is 10.1. The molecule has 0 unspecified atom stereocenters. The molecule has 1 N–H and O–H groups in total. The lowest BCUT2D eigenvalue weighted by atomic mass is 10.2. The van der Waals surface area contributed by atoms with Crippen molar-refractivity contribution in [1.29, 1.82) is 0 Å². The fourth-order valence-electron chi connectivity index (χ4n) is 4.08. The summed E-state index contributed by atoms with van der Waals surface area (Å²) < 4.78 is 5.24. The van der Waals surface area contributed by atoms with Gasteiger partial charge in [0.2, 0.25) is 0 Å². The van der Waals surface area contributed by atoms with E-state index in [1.807, 2.05) is 24.4 Å². The molecular weight excluding hydrogens is 352 g/mol. The Morgan fingerprint density at radius 3 is 2.29 bits per heavy atom. The monoisotopic (exact) mass is 380 g/mol. The molecule has 0 bridgehead atoms. The van der Waals surface area contributed by atoms with Crippen LogP contribution in [0.3, 0.4) is 0 Å². The van der Waals surface area contributed by atoms with Gasteiger partial charge in [-0.05, 0) is 43.2 Å². The lowest BCUT2D eigenvalue weighted by Gasteiger charge is -2.37. The van der Waals surface area contributed by atoms with Gasteiger partial charge in [0.15, 0.2) is 0 Å². The Hall–Kier alpha value is -2.76. The number of piperazine rings is 1. The van der Waals surface area contributed by atoms with E-state index in [2.05, 4.69) is 32.2 Å². The van der Waals surface area contributed by atoms with Crippen molar-refractivity contribution >= 4 is 17.3 Å². The number of aromatic nitrogens is 1. The second-order valence-corrected chi connectivity index (χ2v) is 7.56. The molecule has 0 atom stereocenters. The number of pyridine rings is 1. The number of ether oxygens (including phenoxy) is 1. The largest absolute Gasteiger partial charge is 0.497 e. The summed E-state index contributed by atoms with van der Waals surface area (Å²) in [6.07, 6.45) is 8.12. The van der Waals surface area contributed by atoms with Gasteiger partial charge in [-0.2, -0.15) is 0 Å². The van der Waals surface area contributed by atoms with Crippen molar-refractivity contribution in [2.24, 2.45) is 0 Å². The quantitative estimate of drug-likeness (QED) is 0.864. The number of nitrogens with one attached hydrogen (secondary N) is 1. The summed E-state index contributed by atoms with van der Waals surface area (Å²) in [5.74, 6) is 0.874. The van der Waals surface area contributed by atoms with E-state index in [4.69, 9.17) is 4.74 Å². The molecule has 1 amide bonds. The second-order valence-electron chi connectivity index (χ2n) is 7.56. The predicted octanol–water partition coefficient (Wildman–Crippen LogP) is 3.09. The van der Waals surface area contributed by atoms with Gasteiger partial charge < -0.3 is 19.9 Å². The molecule has 148 valence electrons. The predicted molar refractivity (Wildman–Crippen MR) is 111 cm³/mol. The Morgan fingerprint density at radius 1 is 1.00 bits per heavy atom. The third-order valence-electron chi connectivity index (χ3n) is 5.76. The highest BCUT2D eigenvalue weighted by molar-refractivity contribution is 5.95. The first-order chi connectivity index (χ1) is 13.7. The molecule has 1 saturated heterocycles. The zero-order chi connectivity index (χ0) is 19.3. The minimum atomic E-state index is -0.00174. The highest BCUT2D eigenvalue weighted by atomic mass is 16.5. The third-order valence-corrected chi connectivity index (χ3v) is 5.76. The smallest absolute Gasteiger partial charge is 0.253 e. The van der Waals surface area contributed by atoms with Crippen LogP contribution in [0.2, 0.25) is 0 Å². The third kappa shape index (κ3) is 4.21. The maximum atomic E-state index is 12.5. The Morgan fingerprint density at radius 2 is 1.64 bits per heavy atom. The maximum Gasteiger partial charge on any atom is 0.253 e. The number of hydrogen-bond donors (Lipinski definition) is 1. The fourth-order valence-corrected chi connectivity index (χ4v) is 4.08. The zero-order valence-electron chi connectivity index (χ0n) is 16.4. The number of carbonyl (C=O) groups excluding carboxylic acids is 1. The van der Waals surface area contributed by atoms with Crippen molar-refractivity contribution in [3.63, 3.8) is 0 Å². The summed E-state index contributed by atoms with van der Waals surface area (Å²) in [6.45, 7) is 3.68. The van der Waals surface area contributed by atoms with Crippen LogP contribution in [0.25, 0.3) is 0 Å². The van der Waals surface area contributed by atoms with E-state index in [1.165, 1.54) is 18.5 Å². The molecule has 28 heavy (non-hydrogen) atoms. The van der Waals surface area contributed by atoms with Gasteiger partial charge in [-0.1, -0.05) is 12.8 Å². The van der Waals surface area contributed by atoms with Crippen molar-refractivity contribution < 1.29 is 9.53 Å². The van der Waals surface area contributed by atoms with Crippen LogP contribution in [-0.4, -0.2) is 50.2 Å². The summed E-state index contributed by atoms with van der Waals surface area (Å²) >= 11 is 0. The number of carbonyl (C=O) groups is 1. The minimum absolute atomic E-state index is 0.00174. The van der Waals surface area contributed by atoms with E-state index >= 15 is 0 Å². The van der Waals surface area contributed by atoms with Gasteiger partial charge >= 0.3 is 0 Å². The van der Waals surface area contributed by atoms with E-state index in [-0.39, 0.29) is 5.91 Å². The van der Waals surface area contributed by atoms with Gasteiger partial charge in [0.25, 0.3) is 5.91 Å². The van der Waals surface area contributed by atoms with Crippen LogP contribution in [0.15, 0.2) is 42.7 Å². The number of amides is 1. The van der Waals surface area contributed by atoms with E-state index < -0.39 is 0 Å². The molecular formula is C22H28N4O2. The second kappa shape index (κ2) is 8.50. The standard InChI is InChI=1S/C22H28N4O2/c1-28-21-8-6-19(7-9-21)25-10-12-26(13-11-25)20-14-17(15-23-16-20)22(27)24-18-4-2-3-5-18/h6-9,14-16,18H,2-5,10-13H2,1H3,(H,24,27). The number of anilines is 2. The van der Waals surface area contributed by atoms with Crippen molar-refractivity contribution in [2.75, 3.05) is 43.1 Å². The molecule has 1 aliphatic carbocycles. The summed E-state index contributed by atoms with van der Waals surface area (Å²) in [7, 11) is 1.68. The van der Waals surface area contributed by atoms with Crippen molar-refractivity contribution in [2.45, 2.75) is 31.7 Å². The molecule has 1 aliphatic heterocycles. The van der Waals surface area contributed by atoms with Crippen molar-refractivity contribution in [3.05, 3.63) is 48.3 Å². The first kappa shape index (κ1) is 18.6. The molecule has 6 nitrogen and oxygen atoms in total. The fraction of sp³-hybridized carbons (Fsp3) is 0.455. The molecule has 1 saturated carbocycles. The molecule has 2 fully saturated rings. The molecule has 0 radical (unpaired) electrons. The highest BCUT2D eigenvalue weighted by Crippen LogP contribution is 2.23.